The molecule has 22 heavy (non-hydrogen) atoms. The molecule has 6 heteroatoms. The monoisotopic (exact) mass is 426 g/mol. The van der Waals surface area contributed by atoms with Crippen LogP contribution >= 0.6 is 24.0 Å². The van der Waals surface area contributed by atoms with Crippen molar-refractivity contribution in [3.63, 3.8) is 0 Å². The van der Waals surface area contributed by atoms with Crippen LogP contribution in [0.15, 0.2) is 4.99 Å². The molecule has 0 unspecified atom stereocenters. The van der Waals surface area contributed by atoms with E-state index in [-0.39, 0.29) is 24.0 Å². The molecule has 1 aliphatic rings. The Morgan fingerprint density at radius 2 is 1.86 bits per heavy atom. The molecule has 0 spiro atoms. The Morgan fingerprint density at radius 1 is 1.18 bits per heavy atom. The summed E-state index contributed by atoms with van der Waals surface area (Å²) >= 11 is 0. The molecule has 1 saturated carbocycles. The summed E-state index contributed by atoms with van der Waals surface area (Å²) in [5.74, 6) is 1.90. The Labute approximate surface area is 153 Å². The highest BCUT2D eigenvalue weighted by Gasteiger charge is 2.13. The van der Waals surface area contributed by atoms with Gasteiger partial charge in [0.1, 0.15) is 0 Å². The van der Waals surface area contributed by atoms with Crippen molar-refractivity contribution in [2.24, 2.45) is 10.9 Å². The van der Waals surface area contributed by atoms with Gasteiger partial charge in [-0.1, -0.05) is 25.7 Å². The van der Waals surface area contributed by atoms with Gasteiger partial charge in [0.2, 0.25) is 0 Å². The van der Waals surface area contributed by atoms with Crippen LogP contribution in [0.5, 0.6) is 0 Å². The Balaban J connectivity index is 0.00000441. The van der Waals surface area contributed by atoms with Crippen LogP contribution in [0.1, 0.15) is 38.5 Å². The topological polar surface area (TPSA) is 48.9 Å². The van der Waals surface area contributed by atoms with Crippen LogP contribution in [0, 0.1) is 5.92 Å². The number of guanidine groups is 1. The summed E-state index contributed by atoms with van der Waals surface area (Å²) in [7, 11) is 5.68. The number of nitrogens with zero attached hydrogens (tertiary/aromatic N) is 2. The Hall–Kier alpha value is -0.0800. The standard InChI is InChI=1S/C16H34N4O.HI/c1-17-16(19-11-12-20(2)13-14-21-3)18-10-6-9-15-7-4-5-8-15;/h15H,4-14H2,1-3H3,(H2,17,18,19);1H. The molecule has 0 amide bonds. The summed E-state index contributed by atoms with van der Waals surface area (Å²) in [5.41, 5.74) is 0. The van der Waals surface area contributed by atoms with Crippen molar-refractivity contribution in [2.75, 3.05) is 54.0 Å². The van der Waals surface area contributed by atoms with Gasteiger partial charge in [-0.15, -0.1) is 24.0 Å². The van der Waals surface area contributed by atoms with E-state index < -0.39 is 0 Å². The molecule has 0 bridgehead atoms. The number of likely N-dealkylation sites (N-methyl/N-ethyl adjacent to an activating group) is 1. The number of nitrogens with one attached hydrogen (secondary N) is 2. The molecule has 0 saturated heterocycles. The first-order valence-electron chi connectivity index (χ1n) is 8.38. The van der Waals surface area contributed by atoms with Gasteiger partial charge in [-0.3, -0.25) is 4.99 Å². The second kappa shape index (κ2) is 14.5. The lowest BCUT2D eigenvalue weighted by molar-refractivity contribution is 0.162. The van der Waals surface area contributed by atoms with E-state index in [2.05, 4.69) is 27.6 Å². The predicted octanol–water partition coefficient (Wildman–Crippen LogP) is 2.32. The highest BCUT2D eigenvalue weighted by molar-refractivity contribution is 14.0. The van der Waals surface area contributed by atoms with E-state index in [9.17, 15) is 0 Å². The van der Waals surface area contributed by atoms with E-state index in [4.69, 9.17) is 4.74 Å². The molecule has 2 N–H and O–H groups in total. The quantitative estimate of drug-likeness (QED) is 0.244. The zero-order valence-electron chi connectivity index (χ0n) is 14.6. The van der Waals surface area contributed by atoms with E-state index in [0.717, 1.165) is 44.7 Å². The van der Waals surface area contributed by atoms with E-state index in [1.165, 1.54) is 38.5 Å². The van der Waals surface area contributed by atoms with Gasteiger partial charge in [-0.2, -0.15) is 0 Å². The maximum atomic E-state index is 5.07. The first kappa shape index (κ1) is 21.9. The van der Waals surface area contributed by atoms with Gasteiger partial charge in [0, 0.05) is 40.3 Å². The minimum absolute atomic E-state index is 0. The van der Waals surface area contributed by atoms with Crippen LogP contribution in [0.25, 0.3) is 0 Å². The molecule has 1 aliphatic carbocycles. The lowest BCUT2D eigenvalue weighted by Crippen LogP contribution is -2.41. The average molecular weight is 426 g/mol. The smallest absolute Gasteiger partial charge is 0.191 e. The minimum Gasteiger partial charge on any atom is -0.383 e. The minimum atomic E-state index is 0. The fourth-order valence-corrected chi connectivity index (χ4v) is 2.84. The molecule has 0 aromatic rings. The lowest BCUT2D eigenvalue weighted by Gasteiger charge is -2.18. The first-order chi connectivity index (χ1) is 10.3. The Kier molecular flexibility index (Phi) is 14.5. The third kappa shape index (κ3) is 10.6. The van der Waals surface area contributed by atoms with Crippen molar-refractivity contribution in [3.8, 4) is 0 Å². The summed E-state index contributed by atoms with van der Waals surface area (Å²) in [6.07, 6.45) is 8.39. The van der Waals surface area contributed by atoms with Crippen molar-refractivity contribution < 1.29 is 4.74 Å². The number of halogens is 1. The molecular weight excluding hydrogens is 391 g/mol. The van der Waals surface area contributed by atoms with Gasteiger partial charge >= 0.3 is 0 Å². The molecule has 0 aromatic carbocycles. The maximum absolute atomic E-state index is 5.07. The van der Waals surface area contributed by atoms with E-state index in [1.54, 1.807) is 7.11 Å². The Bertz CT molecular complexity index is 283. The SMILES string of the molecule is CN=C(NCCCC1CCCC1)NCCN(C)CCOC.I. The van der Waals surface area contributed by atoms with E-state index >= 15 is 0 Å². The van der Waals surface area contributed by atoms with Gasteiger partial charge in [-0.05, 0) is 25.8 Å². The maximum Gasteiger partial charge on any atom is 0.191 e. The average Bonchev–Trinajstić information content (AvgIpc) is 3.00. The summed E-state index contributed by atoms with van der Waals surface area (Å²) in [6, 6.07) is 0. The van der Waals surface area contributed by atoms with Crippen LogP contribution in [-0.2, 0) is 4.74 Å². The van der Waals surface area contributed by atoms with Crippen molar-refractivity contribution in [1.29, 1.82) is 0 Å². The summed E-state index contributed by atoms with van der Waals surface area (Å²) in [5, 5.41) is 6.77. The number of ether oxygens (including phenoxy) is 1. The molecule has 0 aliphatic heterocycles. The summed E-state index contributed by atoms with van der Waals surface area (Å²) < 4.78 is 5.07. The molecule has 1 rings (SSSR count). The fourth-order valence-electron chi connectivity index (χ4n) is 2.84. The lowest BCUT2D eigenvalue weighted by atomic mass is 10.0. The molecule has 0 aromatic heterocycles. The van der Waals surface area contributed by atoms with Gasteiger partial charge in [-0.25, -0.2) is 0 Å². The molecule has 0 heterocycles. The molecular formula is C16H35IN4O. The van der Waals surface area contributed by atoms with Crippen molar-refractivity contribution >= 4 is 29.9 Å². The predicted molar refractivity (Wildman–Crippen MR) is 105 cm³/mol. The van der Waals surface area contributed by atoms with Crippen LogP contribution < -0.4 is 10.6 Å². The highest BCUT2D eigenvalue weighted by Crippen LogP contribution is 2.28. The van der Waals surface area contributed by atoms with Gasteiger partial charge in [0.05, 0.1) is 6.61 Å². The van der Waals surface area contributed by atoms with Crippen LogP contribution in [-0.4, -0.2) is 64.9 Å². The first-order valence-corrected chi connectivity index (χ1v) is 8.38. The van der Waals surface area contributed by atoms with Crippen LogP contribution in [0.2, 0.25) is 0 Å². The second-order valence-corrected chi connectivity index (χ2v) is 6.01. The largest absolute Gasteiger partial charge is 0.383 e. The van der Waals surface area contributed by atoms with Gasteiger partial charge < -0.3 is 20.3 Å². The molecule has 0 atom stereocenters. The molecule has 132 valence electrons. The highest BCUT2D eigenvalue weighted by atomic mass is 127. The summed E-state index contributed by atoms with van der Waals surface area (Å²) in [6.45, 7) is 4.67. The van der Waals surface area contributed by atoms with Crippen molar-refractivity contribution in [3.05, 3.63) is 0 Å². The third-order valence-electron chi connectivity index (χ3n) is 4.24. The van der Waals surface area contributed by atoms with Crippen LogP contribution in [0.4, 0.5) is 0 Å². The Morgan fingerprint density at radius 3 is 2.50 bits per heavy atom. The number of rotatable bonds is 10. The fraction of sp³-hybridized carbons (Fsp3) is 0.938. The van der Waals surface area contributed by atoms with Crippen molar-refractivity contribution in [2.45, 2.75) is 38.5 Å². The number of hydrogen-bond acceptors (Lipinski definition) is 3. The molecule has 0 radical (unpaired) electrons. The second-order valence-electron chi connectivity index (χ2n) is 6.01. The van der Waals surface area contributed by atoms with Gasteiger partial charge in [0.15, 0.2) is 5.96 Å². The molecule has 1 fully saturated rings. The van der Waals surface area contributed by atoms with E-state index in [1.807, 2.05) is 7.05 Å². The van der Waals surface area contributed by atoms with Crippen molar-refractivity contribution in [1.82, 2.24) is 15.5 Å². The zero-order chi connectivity index (χ0) is 15.3. The number of methoxy groups -OCH3 is 1. The summed E-state index contributed by atoms with van der Waals surface area (Å²) in [4.78, 5) is 6.52. The number of hydrogen-bond donors (Lipinski definition) is 2. The molecule has 5 nitrogen and oxygen atoms in total. The zero-order valence-corrected chi connectivity index (χ0v) is 16.9. The third-order valence-corrected chi connectivity index (χ3v) is 4.24. The van der Waals surface area contributed by atoms with Gasteiger partial charge in [0.25, 0.3) is 0 Å². The number of aliphatic imine (C=N–C) groups is 1. The normalized spacial score (nSPS) is 15.9. The van der Waals surface area contributed by atoms with E-state index in [0.29, 0.717) is 0 Å². The van der Waals surface area contributed by atoms with Crippen LogP contribution in [0.3, 0.4) is 0 Å².